The molecule has 1 aliphatic rings. The Hall–Kier alpha value is -3.74. The van der Waals surface area contributed by atoms with Crippen molar-refractivity contribution in [1.82, 2.24) is 19.9 Å². The summed E-state index contributed by atoms with van der Waals surface area (Å²) in [6.07, 6.45) is 5.24. The number of aromatic nitrogens is 4. The van der Waals surface area contributed by atoms with E-state index in [9.17, 15) is 4.39 Å². The molecule has 0 saturated carbocycles. The van der Waals surface area contributed by atoms with Crippen LogP contribution in [0.5, 0.6) is 5.75 Å². The van der Waals surface area contributed by atoms with Gasteiger partial charge in [-0.05, 0) is 42.5 Å². The van der Waals surface area contributed by atoms with Crippen LogP contribution in [0.4, 0.5) is 10.2 Å². The maximum Gasteiger partial charge on any atom is 0.168 e. The smallest absolute Gasteiger partial charge is 0.168 e. The van der Waals surface area contributed by atoms with Crippen molar-refractivity contribution >= 4 is 5.82 Å². The Kier molecular flexibility index (Phi) is 3.97. The predicted molar refractivity (Wildman–Crippen MR) is 104 cm³/mol. The molecule has 5 rings (SSSR count). The highest BCUT2D eigenvalue weighted by Gasteiger charge is 2.18. The second-order valence-corrected chi connectivity index (χ2v) is 6.40. The first kappa shape index (κ1) is 16.4. The SMILES string of the molecule is Fc1ccc(-c2nc(-c3ccncc3)c(-c3cnc4c(c3)OCCN4)[nH]2)cc1. The highest BCUT2D eigenvalue weighted by molar-refractivity contribution is 5.82. The number of benzene rings is 1. The van der Waals surface area contributed by atoms with Crippen LogP contribution in [-0.4, -0.2) is 33.1 Å². The van der Waals surface area contributed by atoms with Crippen LogP contribution in [0.3, 0.4) is 0 Å². The number of nitrogens with zero attached hydrogens (tertiary/aromatic N) is 3. The number of anilines is 1. The normalized spacial score (nSPS) is 12.8. The molecule has 0 bridgehead atoms. The molecule has 1 aromatic carbocycles. The molecule has 0 fully saturated rings. The van der Waals surface area contributed by atoms with Crippen LogP contribution in [0.1, 0.15) is 0 Å². The Balaban J connectivity index is 1.66. The molecular formula is C21H16FN5O. The van der Waals surface area contributed by atoms with Crippen LogP contribution in [0, 0.1) is 5.82 Å². The van der Waals surface area contributed by atoms with Gasteiger partial charge in [0.2, 0.25) is 0 Å². The van der Waals surface area contributed by atoms with Gasteiger partial charge in [0.05, 0.1) is 17.9 Å². The first-order chi connectivity index (χ1) is 13.8. The van der Waals surface area contributed by atoms with Crippen molar-refractivity contribution in [3.63, 3.8) is 0 Å². The Morgan fingerprint density at radius 3 is 2.61 bits per heavy atom. The number of pyridine rings is 2. The van der Waals surface area contributed by atoms with Gasteiger partial charge in [0.1, 0.15) is 18.2 Å². The van der Waals surface area contributed by atoms with Crippen LogP contribution in [0.25, 0.3) is 33.9 Å². The molecule has 0 amide bonds. The minimum atomic E-state index is -0.284. The van der Waals surface area contributed by atoms with E-state index in [0.29, 0.717) is 18.2 Å². The van der Waals surface area contributed by atoms with E-state index in [1.165, 1.54) is 12.1 Å². The van der Waals surface area contributed by atoms with Crippen molar-refractivity contribution in [1.29, 1.82) is 0 Å². The van der Waals surface area contributed by atoms with Gasteiger partial charge in [-0.25, -0.2) is 14.4 Å². The first-order valence-electron chi connectivity index (χ1n) is 8.91. The number of halogens is 1. The fourth-order valence-electron chi connectivity index (χ4n) is 3.20. The van der Waals surface area contributed by atoms with Crippen LogP contribution < -0.4 is 10.1 Å². The van der Waals surface area contributed by atoms with E-state index in [1.54, 1.807) is 30.7 Å². The Morgan fingerprint density at radius 1 is 0.964 bits per heavy atom. The minimum absolute atomic E-state index is 0.284. The summed E-state index contributed by atoms with van der Waals surface area (Å²) < 4.78 is 19.0. The maximum atomic E-state index is 13.3. The minimum Gasteiger partial charge on any atom is -0.488 e. The molecule has 0 radical (unpaired) electrons. The van der Waals surface area contributed by atoms with Gasteiger partial charge in [0, 0.05) is 35.3 Å². The lowest BCUT2D eigenvalue weighted by atomic mass is 10.1. The fourth-order valence-corrected chi connectivity index (χ4v) is 3.20. The lowest BCUT2D eigenvalue weighted by Gasteiger charge is -2.18. The summed E-state index contributed by atoms with van der Waals surface area (Å²) in [6, 6.07) is 12.0. The van der Waals surface area contributed by atoms with E-state index < -0.39 is 0 Å². The molecule has 7 heteroatoms. The molecule has 3 aromatic heterocycles. The van der Waals surface area contributed by atoms with Crippen LogP contribution in [0.15, 0.2) is 61.1 Å². The Bertz CT molecular complexity index is 1130. The van der Waals surface area contributed by atoms with Gasteiger partial charge in [-0.15, -0.1) is 0 Å². The second-order valence-electron chi connectivity index (χ2n) is 6.40. The van der Waals surface area contributed by atoms with E-state index in [4.69, 9.17) is 9.72 Å². The first-order valence-corrected chi connectivity index (χ1v) is 8.91. The quantitative estimate of drug-likeness (QED) is 0.564. The summed E-state index contributed by atoms with van der Waals surface area (Å²) in [4.78, 5) is 16.7. The predicted octanol–water partition coefficient (Wildman–Crippen LogP) is 4.14. The number of hydrogen-bond donors (Lipinski definition) is 2. The molecule has 4 heterocycles. The number of H-pyrrole nitrogens is 1. The number of ether oxygens (including phenoxy) is 1. The summed E-state index contributed by atoms with van der Waals surface area (Å²) in [6.45, 7) is 1.33. The molecule has 28 heavy (non-hydrogen) atoms. The van der Waals surface area contributed by atoms with Gasteiger partial charge in [-0.1, -0.05) is 0 Å². The van der Waals surface area contributed by atoms with Crippen molar-refractivity contribution in [3.8, 4) is 39.7 Å². The zero-order chi connectivity index (χ0) is 18.9. The number of fused-ring (bicyclic) bond motifs is 1. The van der Waals surface area contributed by atoms with Crippen molar-refractivity contribution < 1.29 is 9.13 Å². The van der Waals surface area contributed by atoms with E-state index in [1.807, 2.05) is 18.2 Å². The molecule has 4 aromatic rings. The summed E-state index contributed by atoms with van der Waals surface area (Å²) in [7, 11) is 0. The highest BCUT2D eigenvalue weighted by Crippen LogP contribution is 2.36. The average Bonchev–Trinajstić information content (AvgIpc) is 3.20. The maximum absolute atomic E-state index is 13.3. The third kappa shape index (κ3) is 2.96. The van der Waals surface area contributed by atoms with E-state index in [0.717, 1.165) is 40.4 Å². The Morgan fingerprint density at radius 2 is 1.79 bits per heavy atom. The number of aromatic amines is 1. The summed E-state index contributed by atoms with van der Waals surface area (Å²) in [5, 5.41) is 3.22. The summed E-state index contributed by atoms with van der Waals surface area (Å²) in [5.74, 6) is 1.81. The van der Waals surface area contributed by atoms with Gasteiger partial charge < -0.3 is 15.0 Å². The standard InChI is InChI=1S/C21H16FN5O/c22-16-3-1-14(2-4-16)20-26-18(13-5-7-23-8-6-13)19(27-20)15-11-17-21(25-12-15)24-9-10-28-17/h1-8,11-12H,9-10H2,(H,24,25)(H,26,27). The number of rotatable bonds is 3. The fraction of sp³-hybridized carbons (Fsp3) is 0.0952. The second kappa shape index (κ2) is 6.77. The lowest BCUT2D eigenvalue weighted by Crippen LogP contribution is -2.18. The number of hydrogen-bond acceptors (Lipinski definition) is 5. The zero-order valence-corrected chi connectivity index (χ0v) is 14.8. The van der Waals surface area contributed by atoms with Crippen molar-refractivity contribution in [3.05, 3.63) is 66.9 Å². The molecule has 0 aliphatic carbocycles. The number of imidazole rings is 1. The highest BCUT2D eigenvalue weighted by atomic mass is 19.1. The van der Waals surface area contributed by atoms with Crippen molar-refractivity contribution in [2.75, 3.05) is 18.5 Å². The topological polar surface area (TPSA) is 75.7 Å². The summed E-state index contributed by atoms with van der Waals surface area (Å²) in [5.41, 5.74) is 4.16. The molecule has 1 aliphatic heterocycles. The van der Waals surface area contributed by atoms with Gasteiger partial charge in [-0.2, -0.15) is 0 Å². The molecular weight excluding hydrogens is 357 g/mol. The lowest BCUT2D eigenvalue weighted by molar-refractivity contribution is 0.321. The molecule has 0 spiro atoms. The monoisotopic (exact) mass is 373 g/mol. The van der Waals surface area contributed by atoms with Gasteiger partial charge in [0.25, 0.3) is 0 Å². The molecule has 0 saturated heterocycles. The molecule has 0 atom stereocenters. The van der Waals surface area contributed by atoms with Crippen molar-refractivity contribution in [2.24, 2.45) is 0 Å². The van der Waals surface area contributed by atoms with Gasteiger partial charge in [-0.3, -0.25) is 4.98 Å². The average molecular weight is 373 g/mol. The van der Waals surface area contributed by atoms with Crippen LogP contribution in [0.2, 0.25) is 0 Å². The van der Waals surface area contributed by atoms with E-state index in [2.05, 4.69) is 20.3 Å². The third-order valence-electron chi connectivity index (χ3n) is 4.57. The van der Waals surface area contributed by atoms with E-state index in [-0.39, 0.29) is 5.82 Å². The molecule has 138 valence electrons. The van der Waals surface area contributed by atoms with Gasteiger partial charge in [0.15, 0.2) is 11.6 Å². The third-order valence-corrected chi connectivity index (χ3v) is 4.57. The van der Waals surface area contributed by atoms with Crippen LogP contribution >= 0.6 is 0 Å². The number of nitrogens with one attached hydrogen (secondary N) is 2. The Labute approximate surface area is 160 Å². The molecule has 0 unspecified atom stereocenters. The summed E-state index contributed by atoms with van der Waals surface area (Å²) >= 11 is 0. The van der Waals surface area contributed by atoms with Crippen molar-refractivity contribution in [2.45, 2.75) is 0 Å². The van der Waals surface area contributed by atoms with Gasteiger partial charge >= 0.3 is 0 Å². The van der Waals surface area contributed by atoms with Crippen LogP contribution in [-0.2, 0) is 0 Å². The zero-order valence-electron chi connectivity index (χ0n) is 14.8. The van der Waals surface area contributed by atoms with E-state index >= 15 is 0 Å². The largest absolute Gasteiger partial charge is 0.488 e. The molecule has 6 nitrogen and oxygen atoms in total. The molecule has 2 N–H and O–H groups in total.